The third kappa shape index (κ3) is 4.47. The average molecular weight is 412 g/mol. The van der Waals surface area contributed by atoms with Crippen LogP contribution in [-0.4, -0.2) is 31.3 Å². The van der Waals surface area contributed by atoms with Crippen molar-refractivity contribution in [2.75, 3.05) is 20.6 Å². The minimum atomic E-state index is -0.104. The van der Waals surface area contributed by atoms with E-state index in [2.05, 4.69) is 92.1 Å². The number of rotatable bonds is 6. The Morgan fingerprint density at radius 2 is 1.74 bits per heavy atom. The van der Waals surface area contributed by atoms with Gasteiger partial charge in [-0.2, -0.15) is 0 Å². The molecule has 1 aliphatic rings. The van der Waals surface area contributed by atoms with Gasteiger partial charge in [0.2, 0.25) is 0 Å². The van der Waals surface area contributed by atoms with Gasteiger partial charge in [0.25, 0.3) is 0 Å². The van der Waals surface area contributed by atoms with Gasteiger partial charge in [-0.1, -0.05) is 67.6 Å². The summed E-state index contributed by atoms with van der Waals surface area (Å²) in [6.45, 7) is 2.82. The molecule has 1 heterocycles. The number of carbonyl (C=O) groups excluding carboxylic acids is 1. The number of nitrogens with zero attached hydrogens (tertiary/aromatic N) is 1. The fraction of sp³-hybridized carbons (Fsp3) is 0.250. The lowest BCUT2D eigenvalue weighted by atomic mass is 9.72. The Morgan fingerprint density at radius 3 is 2.48 bits per heavy atom. The Balaban J connectivity index is 1.85. The van der Waals surface area contributed by atoms with Crippen LogP contribution in [0.4, 0.5) is 5.69 Å². The third-order valence-electron chi connectivity index (χ3n) is 6.35. The summed E-state index contributed by atoms with van der Waals surface area (Å²) in [5.41, 5.74) is 5.03. The standard InChI is InChI=1S/C28H30N2O/c1-28(19-21-9-5-4-6-10-21,18-17-23-14-15-24(31)20-30(23)3)27-25-12-8-7-11-22(25)13-16-26(27)29-2/h4-17,29H,18-20H2,1-3H3/p+1/b23-17+. The van der Waals surface area contributed by atoms with Gasteiger partial charge < -0.3 is 10.2 Å². The molecule has 1 unspecified atom stereocenters. The molecule has 2 N–H and O–H groups in total. The fourth-order valence-electron chi connectivity index (χ4n) is 4.75. The van der Waals surface area contributed by atoms with Gasteiger partial charge in [-0.25, -0.2) is 0 Å². The minimum absolute atomic E-state index is 0.104. The van der Waals surface area contributed by atoms with Crippen LogP contribution in [-0.2, 0) is 16.6 Å². The molecule has 0 amide bonds. The summed E-state index contributed by atoms with van der Waals surface area (Å²) in [6.07, 6.45) is 7.77. The number of hydrogen-bond acceptors (Lipinski definition) is 2. The maximum atomic E-state index is 11.8. The smallest absolute Gasteiger partial charge is 0.174 e. The van der Waals surface area contributed by atoms with Crippen LogP contribution in [0.25, 0.3) is 10.8 Å². The van der Waals surface area contributed by atoms with E-state index in [1.54, 1.807) is 6.08 Å². The molecular weight excluding hydrogens is 380 g/mol. The first-order valence-corrected chi connectivity index (χ1v) is 11.0. The van der Waals surface area contributed by atoms with E-state index in [-0.39, 0.29) is 11.2 Å². The highest BCUT2D eigenvalue weighted by Crippen LogP contribution is 2.40. The van der Waals surface area contributed by atoms with Crippen molar-refractivity contribution in [1.29, 1.82) is 0 Å². The number of quaternary nitrogens is 1. The van der Waals surface area contributed by atoms with Crippen molar-refractivity contribution in [2.45, 2.75) is 25.2 Å². The largest absolute Gasteiger partial charge is 0.367 e. The number of fused-ring (bicyclic) bond motifs is 1. The van der Waals surface area contributed by atoms with E-state index in [0.29, 0.717) is 6.54 Å². The average Bonchev–Trinajstić information content (AvgIpc) is 2.78. The monoisotopic (exact) mass is 411 g/mol. The highest BCUT2D eigenvalue weighted by Gasteiger charge is 2.32. The van der Waals surface area contributed by atoms with Crippen LogP contribution in [0.1, 0.15) is 24.5 Å². The molecule has 0 saturated carbocycles. The van der Waals surface area contributed by atoms with Crippen LogP contribution in [0.2, 0.25) is 0 Å². The van der Waals surface area contributed by atoms with Gasteiger partial charge in [0.05, 0.1) is 13.6 Å². The molecule has 158 valence electrons. The van der Waals surface area contributed by atoms with Crippen molar-refractivity contribution in [3.8, 4) is 0 Å². The topological polar surface area (TPSA) is 36.9 Å². The molecule has 4 rings (SSSR count). The van der Waals surface area contributed by atoms with Crippen LogP contribution < -0.4 is 5.32 Å². The quantitative estimate of drug-likeness (QED) is 0.606. The molecule has 0 bridgehead atoms. The van der Waals surface area contributed by atoms with E-state index in [4.69, 9.17) is 0 Å². The molecule has 0 saturated heterocycles. The normalized spacial score (nSPS) is 17.3. The van der Waals surface area contributed by atoms with Gasteiger partial charge in [0, 0.05) is 23.7 Å². The lowest BCUT2D eigenvalue weighted by Gasteiger charge is -2.32. The summed E-state index contributed by atoms with van der Waals surface area (Å²) in [6, 6.07) is 23.9. The SMILES string of the molecule is C[NH2+]c1ccc2ccccc2c1C(C)(C/C=C1\C=CC(=O)CN1C)Cc1ccccc1. The molecule has 0 aliphatic carbocycles. The number of ketones is 1. The summed E-state index contributed by atoms with van der Waals surface area (Å²) in [5, 5.41) is 4.82. The first-order chi connectivity index (χ1) is 15.0. The molecular formula is C28H31N2O+. The minimum Gasteiger partial charge on any atom is -0.367 e. The summed E-state index contributed by atoms with van der Waals surface area (Å²) >= 11 is 0. The molecule has 3 nitrogen and oxygen atoms in total. The summed E-state index contributed by atoms with van der Waals surface area (Å²) in [4.78, 5) is 13.8. The first-order valence-electron chi connectivity index (χ1n) is 11.0. The van der Waals surface area contributed by atoms with Crippen LogP contribution in [0.3, 0.4) is 0 Å². The molecule has 0 aromatic heterocycles. The number of carbonyl (C=O) groups is 1. The van der Waals surface area contributed by atoms with Crippen molar-refractivity contribution < 1.29 is 10.1 Å². The second kappa shape index (κ2) is 8.91. The van der Waals surface area contributed by atoms with Gasteiger partial charge in [0.15, 0.2) is 5.78 Å². The Hall–Kier alpha value is -3.17. The second-order valence-corrected chi connectivity index (χ2v) is 8.75. The number of benzene rings is 3. The van der Waals surface area contributed by atoms with Crippen molar-refractivity contribution in [3.63, 3.8) is 0 Å². The molecule has 0 radical (unpaired) electrons. The van der Waals surface area contributed by atoms with Gasteiger partial charge in [0.1, 0.15) is 5.69 Å². The van der Waals surface area contributed by atoms with Gasteiger partial charge in [-0.3, -0.25) is 4.79 Å². The van der Waals surface area contributed by atoms with Crippen molar-refractivity contribution in [2.24, 2.45) is 0 Å². The predicted octanol–water partition coefficient (Wildman–Crippen LogP) is 4.51. The van der Waals surface area contributed by atoms with Crippen LogP contribution in [0.15, 0.2) is 90.7 Å². The van der Waals surface area contributed by atoms with Gasteiger partial charge in [-0.05, 0) is 53.5 Å². The highest BCUT2D eigenvalue weighted by atomic mass is 16.1. The van der Waals surface area contributed by atoms with E-state index in [0.717, 1.165) is 18.5 Å². The predicted molar refractivity (Wildman–Crippen MR) is 128 cm³/mol. The third-order valence-corrected chi connectivity index (χ3v) is 6.35. The zero-order valence-corrected chi connectivity index (χ0v) is 18.6. The Labute approximate surface area is 185 Å². The van der Waals surface area contributed by atoms with E-state index >= 15 is 0 Å². The second-order valence-electron chi connectivity index (χ2n) is 8.75. The maximum absolute atomic E-state index is 11.8. The first kappa shape index (κ1) is 21.1. The number of likely N-dealkylation sites (N-methyl/N-ethyl adjacent to an activating group) is 1. The van der Waals surface area contributed by atoms with E-state index in [1.807, 2.05) is 18.0 Å². The highest BCUT2D eigenvalue weighted by molar-refractivity contribution is 5.93. The Bertz CT molecular complexity index is 1150. The number of hydrogen-bond donors (Lipinski definition) is 1. The summed E-state index contributed by atoms with van der Waals surface area (Å²) in [7, 11) is 4.11. The lowest BCUT2D eigenvalue weighted by molar-refractivity contribution is -0.540. The summed E-state index contributed by atoms with van der Waals surface area (Å²) in [5.74, 6) is 0.156. The number of allylic oxidation sites excluding steroid dienone is 2. The van der Waals surface area contributed by atoms with Gasteiger partial charge >= 0.3 is 0 Å². The lowest BCUT2D eigenvalue weighted by Crippen LogP contribution is -2.73. The van der Waals surface area contributed by atoms with Crippen LogP contribution in [0.5, 0.6) is 0 Å². The molecule has 3 heteroatoms. The van der Waals surface area contributed by atoms with E-state index in [9.17, 15) is 4.79 Å². The molecule has 31 heavy (non-hydrogen) atoms. The molecule has 0 spiro atoms. The van der Waals surface area contributed by atoms with Crippen LogP contribution in [0, 0.1) is 0 Å². The van der Waals surface area contributed by atoms with Crippen molar-refractivity contribution in [1.82, 2.24) is 4.90 Å². The molecule has 3 aromatic rings. The van der Waals surface area contributed by atoms with E-state index in [1.165, 1.54) is 27.6 Å². The van der Waals surface area contributed by atoms with Crippen molar-refractivity contribution in [3.05, 3.63) is 102 Å². The number of nitrogens with two attached hydrogens (primary N) is 1. The Morgan fingerprint density at radius 1 is 1.00 bits per heavy atom. The molecule has 1 aliphatic heterocycles. The summed E-state index contributed by atoms with van der Waals surface area (Å²) < 4.78 is 0. The maximum Gasteiger partial charge on any atom is 0.174 e. The van der Waals surface area contributed by atoms with Crippen molar-refractivity contribution >= 4 is 22.2 Å². The van der Waals surface area contributed by atoms with Crippen LogP contribution >= 0.6 is 0 Å². The zero-order chi connectivity index (χ0) is 21.8. The fourth-order valence-corrected chi connectivity index (χ4v) is 4.75. The molecule has 1 atom stereocenters. The zero-order valence-electron chi connectivity index (χ0n) is 18.6. The van der Waals surface area contributed by atoms with E-state index < -0.39 is 0 Å². The Kier molecular flexibility index (Phi) is 6.06. The van der Waals surface area contributed by atoms with Gasteiger partial charge in [-0.15, -0.1) is 0 Å². The molecule has 3 aromatic carbocycles. The molecule has 0 fully saturated rings.